The molecule has 2 aromatic rings. The van der Waals surface area contributed by atoms with E-state index in [1.54, 1.807) is 19.1 Å². The highest BCUT2D eigenvalue weighted by Crippen LogP contribution is 2.14. The van der Waals surface area contributed by atoms with Crippen LogP contribution in [-0.2, 0) is 32.0 Å². The van der Waals surface area contributed by atoms with Crippen molar-refractivity contribution >= 4 is 23.7 Å². The van der Waals surface area contributed by atoms with Crippen LogP contribution in [0.4, 0.5) is 0 Å². The number of carboxylic acid groups (broad SMARTS) is 1. The molecule has 3 amide bonds. The van der Waals surface area contributed by atoms with Gasteiger partial charge in [0.05, 0.1) is 6.04 Å². The van der Waals surface area contributed by atoms with E-state index in [0.29, 0.717) is 31.4 Å². The molecule has 0 aliphatic rings. The second-order valence-electron chi connectivity index (χ2n) is 10.3. The highest BCUT2D eigenvalue weighted by Gasteiger charge is 2.33. The van der Waals surface area contributed by atoms with Gasteiger partial charge in [0.1, 0.15) is 23.9 Å². The second-order valence-corrected chi connectivity index (χ2v) is 10.3. The molecule has 0 heterocycles. The lowest BCUT2D eigenvalue weighted by atomic mass is 9.96. The molecule has 0 spiro atoms. The Labute approximate surface area is 241 Å². The summed E-state index contributed by atoms with van der Waals surface area (Å²) in [7, 11) is 0. The first kappa shape index (κ1) is 33.2. The van der Waals surface area contributed by atoms with Crippen LogP contribution in [0.1, 0.15) is 50.7 Å². The molecular weight excluding hydrogens is 526 g/mol. The summed E-state index contributed by atoms with van der Waals surface area (Å²) in [5.74, 6) is -3.25. The Balaban J connectivity index is 2.21. The number of benzene rings is 2. The van der Waals surface area contributed by atoms with Crippen molar-refractivity contribution in [1.82, 2.24) is 16.0 Å². The Hall–Kier alpha value is -3.96. The first-order valence-corrected chi connectivity index (χ1v) is 14.0. The molecule has 11 nitrogen and oxygen atoms in total. The van der Waals surface area contributed by atoms with Crippen molar-refractivity contribution < 1.29 is 29.4 Å². The molecule has 224 valence electrons. The lowest BCUT2D eigenvalue weighted by Gasteiger charge is -2.28. The molecule has 0 aliphatic carbocycles. The van der Waals surface area contributed by atoms with Crippen LogP contribution < -0.4 is 27.4 Å². The summed E-state index contributed by atoms with van der Waals surface area (Å²) in [4.78, 5) is 51.7. The van der Waals surface area contributed by atoms with E-state index < -0.39 is 47.9 Å². The van der Waals surface area contributed by atoms with Gasteiger partial charge in [0.25, 0.3) is 0 Å². The van der Waals surface area contributed by atoms with E-state index in [1.807, 2.05) is 37.3 Å². The fourth-order valence-corrected chi connectivity index (χ4v) is 4.26. The van der Waals surface area contributed by atoms with E-state index >= 15 is 0 Å². The SMILES string of the molecule is CCC(C)C(NC(=O)C(Cc1ccccc1)NC(=O)C(N)CCCCN)C(=O)NC(Cc1ccc(O)cc1)C(=O)O. The van der Waals surface area contributed by atoms with Crippen LogP contribution in [0.2, 0.25) is 0 Å². The average Bonchev–Trinajstić information content (AvgIpc) is 2.96. The average molecular weight is 570 g/mol. The number of nitrogens with one attached hydrogen (secondary N) is 3. The van der Waals surface area contributed by atoms with Gasteiger partial charge in [-0.25, -0.2) is 4.79 Å². The minimum Gasteiger partial charge on any atom is -0.508 e. The number of aliphatic carboxylic acids is 1. The Kier molecular flexibility index (Phi) is 13.8. The Morgan fingerprint density at radius 2 is 1.39 bits per heavy atom. The van der Waals surface area contributed by atoms with Gasteiger partial charge in [-0.3, -0.25) is 14.4 Å². The molecule has 5 unspecified atom stereocenters. The molecule has 5 atom stereocenters. The quantitative estimate of drug-likeness (QED) is 0.138. The molecule has 0 radical (unpaired) electrons. The van der Waals surface area contributed by atoms with Gasteiger partial charge < -0.3 is 37.6 Å². The van der Waals surface area contributed by atoms with Gasteiger partial charge in [-0.2, -0.15) is 0 Å². The third-order valence-electron chi connectivity index (χ3n) is 7.01. The zero-order valence-electron chi connectivity index (χ0n) is 23.7. The van der Waals surface area contributed by atoms with Gasteiger partial charge in [0.15, 0.2) is 0 Å². The highest BCUT2D eigenvalue weighted by atomic mass is 16.4. The van der Waals surface area contributed by atoms with E-state index in [-0.39, 0.29) is 24.5 Å². The van der Waals surface area contributed by atoms with Crippen molar-refractivity contribution in [2.24, 2.45) is 17.4 Å². The minimum absolute atomic E-state index is 0.0166. The summed E-state index contributed by atoms with van der Waals surface area (Å²) in [5.41, 5.74) is 13.0. The van der Waals surface area contributed by atoms with E-state index in [9.17, 15) is 29.4 Å². The first-order chi connectivity index (χ1) is 19.5. The van der Waals surface area contributed by atoms with Crippen LogP contribution in [0.15, 0.2) is 54.6 Å². The molecule has 9 N–H and O–H groups in total. The number of amides is 3. The second kappa shape index (κ2) is 17.0. The predicted molar refractivity (Wildman–Crippen MR) is 156 cm³/mol. The standard InChI is InChI=1S/C30H43N5O6/c1-3-19(2)26(29(39)34-25(30(40)41)18-21-12-14-22(36)15-13-21)35-28(38)24(17-20-9-5-4-6-10-20)33-27(37)23(32)11-7-8-16-31/h4-6,9-10,12-15,19,23-26,36H,3,7-8,11,16-18,31-32H2,1-2H3,(H,33,37)(H,34,39)(H,35,38)(H,40,41). The topological polar surface area (TPSA) is 197 Å². The molecule has 2 rings (SSSR count). The highest BCUT2D eigenvalue weighted by molar-refractivity contribution is 5.94. The molecule has 2 aromatic carbocycles. The molecule has 0 fully saturated rings. The molecule has 41 heavy (non-hydrogen) atoms. The number of nitrogens with two attached hydrogens (primary N) is 2. The summed E-state index contributed by atoms with van der Waals surface area (Å²) in [6.45, 7) is 4.12. The summed E-state index contributed by atoms with van der Waals surface area (Å²) < 4.78 is 0. The maximum Gasteiger partial charge on any atom is 0.326 e. The number of unbranched alkanes of at least 4 members (excludes halogenated alkanes) is 1. The van der Waals surface area contributed by atoms with E-state index in [2.05, 4.69) is 16.0 Å². The van der Waals surface area contributed by atoms with Crippen molar-refractivity contribution in [2.75, 3.05) is 6.54 Å². The van der Waals surface area contributed by atoms with Crippen molar-refractivity contribution in [1.29, 1.82) is 0 Å². The summed E-state index contributed by atoms with van der Waals surface area (Å²) in [6.07, 6.45) is 2.49. The largest absolute Gasteiger partial charge is 0.508 e. The summed E-state index contributed by atoms with van der Waals surface area (Å²) in [5, 5.41) is 27.3. The number of rotatable bonds is 17. The smallest absolute Gasteiger partial charge is 0.326 e. The van der Waals surface area contributed by atoms with Gasteiger partial charge in [0.2, 0.25) is 17.7 Å². The summed E-state index contributed by atoms with van der Waals surface area (Å²) >= 11 is 0. The van der Waals surface area contributed by atoms with Crippen LogP contribution in [0, 0.1) is 5.92 Å². The normalized spacial score (nSPS) is 14.6. The van der Waals surface area contributed by atoms with Crippen LogP contribution in [-0.4, -0.2) is 64.6 Å². The minimum atomic E-state index is -1.26. The Bertz CT molecular complexity index is 1130. The molecule has 0 aromatic heterocycles. The molecule has 0 saturated heterocycles. The number of hydrogen-bond acceptors (Lipinski definition) is 7. The number of carbonyl (C=O) groups is 4. The third-order valence-corrected chi connectivity index (χ3v) is 7.01. The van der Waals surface area contributed by atoms with E-state index in [0.717, 1.165) is 12.0 Å². The van der Waals surface area contributed by atoms with Gasteiger partial charge in [-0.05, 0) is 48.6 Å². The van der Waals surface area contributed by atoms with Crippen LogP contribution in [0.3, 0.4) is 0 Å². The van der Waals surface area contributed by atoms with Crippen molar-refractivity contribution in [3.63, 3.8) is 0 Å². The van der Waals surface area contributed by atoms with Crippen molar-refractivity contribution in [3.8, 4) is 5.75 Å². The Morgan fingerprint density at radius 1 is 0.805 bits per heavy atom. The zero-order valence-corrected chi connectivity index (χ0v) is 23.7. The Morgan fingerprint density at radius 3 is 1.98 bits per heavy atom. The number of hydrogen-bond donors (Lipinski definition) is 7. The van der Waals surface area contributed by atoms with E-state index in [4.69, 9.17) is 11.5 Å². The lowest BCUT2D eigenvalue weighted by molar-refractivity contribution is -0.142. The van der Waals surface area contributed by atoms with Gasteiger partial charge in [0, 0.05) is 12.8 Å². The summed E-state index contributed by atoms with van der Waals surface area (Å²) in [6, 6.07) is 11.0. The number of carbonyl (C=O) groups excluding carboxylic acids is 3. The number of phenols is 1. The molecule has 11 heteroatoms. The number of carboxylic acids is 1. The maximum absolute atomic E-state index is 13.5. The zero-order chi connectivity index (χ0) is 30.4. The lowest BCUT2D eigenvalue weighted by Crippen LogP contribution is -2.59. The van der Waals surface area contributed by atoms with Crippen LogP contribution in [0.5, 0.6) is 5.75 Å². The number of phenolic OH excluding ortho intramolecular Hbond substituents is 1. The van der Waals surface area contributed by atoms with Crippen LogP contribution in [0.25, 0.3) is 0 Å². The maximum atomic E-state index is 13.5. The molecular formula is C30H43N5O6. The van der Waals surface area contributed by atoms with Gasteiger partial charge in [-0.15, -0.1) is 0 Å². The van der Waals surface area contributed by atoms with Gasteiger partial charge >= 0.3 is 5.97 Å². The van der Waals surface area contributed by atoms with Gasteiger partial charge in [-0.1, -0.05) is 69.2 Å². The molecule has 0 aliphatic heterocycles. The fourth-order valence-electron chi connectivity index (χ4n) is 4.26. The number of aromatic hydroxyl groups is 1. The van der Waals surface area contributed by atoms with Crippen molar-refractivity contribution in [3.05, 3.63) is 65.7 Å². The van der Waals surface area contributed by atoms with E-state index in [1.165, 1.54) is 12.1 Å². The molecule has 0 bridgehead atoms. The fraction of sp³-hybridized carbons (Fsp3) is 0.467. The predicted octanol–water partition coefficient (Wildman–Crippen LogP) is 1.22. The van der Waals surface area contributed by atoms with Crippen LogP contribution >= 0.6 is 0 Å². The molecule has 0 saturated carbocycles. The van der Waals surface area contributed by atoms with Crippen molar-refractivity contribution in [2.45, 2.75) is 76.5 Å². The first-order valence-electron chi connectivity index (χ1n) is 14.0. The third kappa shape index (κ3) is 11.2. The monoisotopic (exact) mass is 569 g/mol.